The van der Waals surface area contributed by atoms with E-state index in [9.17, 15) is 9.50 Å². The summed E-state index contributed by atoms with van der Waals surface area (Å²) in [6.07, 6.45) is 1.39. The van der Waals surface area contributed by atoms with Crippen molar-refractivity contribution in [2.75, 3.05) is 31.2 Å². The molecule has 0 atom stereocenters. The van der Waals surface area contributed by atoms with Crippen molar-refractivity contribution in [2.45, 2.75) is 0 Å². The van der Waals surface area contributed by atoms with E-state index in [4.69, 9.17) is 16.3 Å². The molecule has 128 valence electrons. The van der Waals surface area contributed by atoms with E-state index in [2.05, 4.69) is 14.9 Å². The molecule has 0 amide bonds. The number of aromatic nitrogens is 2. The number of benzene rings is 2. The van der Waals surface area contributed by atoms with Gasteiger partial charge in [0, 0.05) is 29.7 Å². The average molecular weight is 360 g/mol. The number of fused-ring (bicyclic) bond motifs is 1. The molecule has 7 heteroatoms. The van der Waals surface area contributed by atoms with Gasteiger partial charge in [-0.25, -0.2) is 14.4 Å². The molecule has 0 spiro atoms. The highest BCUT2D eigenvalue weighted by molar-refractivity contribution is 6.32. The second kappa shape index (κ2) is 6.46. The highest BCUT2D eigenvalue weighted by Crippen LogP contribution is 2.35. The third-order valence-electron chi connectivity index (χ3n) is 4.29. The Balaban J connectivity index is 1.82. The second-order valence-electron chi connectivity index (χ2n) is 5.81. The molecule has 1 aliphatic heterocycles. The molecule has 1 N–H and O–H groups in total. The number of rotatable bonds is 2. The summed E-state index contributed by atoms with van der Waals surface area (Å²) in [5.41, 5.74) is 2.36. The van der Waals surface area contributed by atoms with Crippen LogP contribution in [0, 0.1) is 5.82 Å². The number of morpholine rings is 1. The smallest absolute Gasteiger partial charge is 0.135 e. The molecule has 25 heavy (non-hydrogen) atoms. The molecule has 3 aromatic rings. The van der Waals surface area contributed by atoms with E-state index in [0.717, 1.165) is 24.8 Å². The summed E-state index contributed by atoms with van der Waals surface area (Å²) in [4.78, 5) is 10.7. The van der Waals surface area contributed by atoms with Gasteiger partial charge < -0.3 is 14.7 Å². The summed E-state index contributed by atoms with van der Waals surface area (Å²) >= 11 is 5.76. The van der Waals surface area contributed by atoms with Crippen LogP contribution in [0.15, 0.2) is 36.7 Å². The summed E-state index contributed by atoms with van der Waals surface area (Å²) in [5, 5.41) is 10.5. The van der Waals surface area contributed by atoms with E-state index in [1.54, 1.807) is 0 Å². The first-order valence-electron chi connectivity index (χ1n) is 7.89. The first-order valence-corrected chi connectivity index (χ1v) is 8.27. The lowest BCUT2D eigenvalue weighted by Crippen LogP contribution is -2.36. The molecule has 1 saturated heterocycles. The van der Waals surface area contributed by atoms with Crippen molar-refractivity contribution in [1.29, 1.82) is 0 Å². The number of anilines is 1. The van der Waals surface area contributed by atoms with E-state index in [-0.39, 0.29) is 16.3 Å². The van der Waals surface area contributed by atoms with Crippen LogP contribution in [-0.4, -0.2) is 41.4 Å². The summed E-state index contributed by atoms with van der Waals surface area (Å²) in [5.74, 6) is -0.727. The molecule has 4 rings (SSSR count). The Labute approximate surface area is 148 Å². The number of hydrogen-bond donors (Lipinski definition) is 1. The summed E-state index contributed by atoms with van der Waals surface area (Å²) in [6, 6.07) is 8.17. The maximum absolute atomic E-state index is 14.3. The highest BCUT2D eigenvalue weighted by atomic mass is 35.5. The van der Waals surface area contributed by atoms with Crippen molar-refractivity contribution in [2.24, 2.45) is 0 Å². The van der Waals surface area contributed by atoms with Gasteiger partial charge in [-0.1, -0.05) is 11.6 Å². The number of aromatic hydroxyl groups is 1. The predicted molar refractivity (Wildman–Crippen MR) is 94.6 cm³/mol. The molecule has 2 aromatic carbocycles. The fourth-order valence-electron chi connectivity index (χ4n) is 3.00. The van der Waals surface area contributed by atoms with E-state index in [1.165, 1.54) is 12.4 Å². The van der Waals surface area contributed by atoms with Crippen LogP contribution < -0.4 is 4.90 Å². The van der Waals surface area contributed by atoms with Crippen molar-refractivity contribution in [3.63, 3.8) is 0 Å². The predicted octanol–water partition coefficient (Wildman–Crippen LogP) is 3.63. The molecule has 2 heterocycles. The van der Waals surface area contributed by atoms with E-state index in [0.29, 0.717) is 29.8 Å². The van der Waals surface area contributed by atoms with Gasteiger partial charge in [0.1, 0.15) is 17.9 Å². The van der Waals surface area contributed by atoms with Gasteiger partial charge in [-0.2, -0.15) is 0 Å². The van der Waals surface area contributed by atoms with Gasteiger partial charge >= 0.3 is 0 Å². The van der Waals surface area contributed by atoms with Gasteiger partial charge in [0.15, 0.2) is 0 Å². The van der Waals surface area contributed by atoms with Crippen molar-refractivity contribution in [3.8, 4) is 17.0 Å². The maximum atomic E-state index is 14.3. The molecule has 0 bridgehead atoms. The molecule has 0 aliphatic carbocycles. The zero-order valence-corrected chi connectivity index (χ0v) is 14.0. The van der Waals surface area contributed by atoms with Gasteiger partial charge in [-0.05, 0) is 30.3 Å². The fraction of sp³-hybridized carbons (Fsp3) is 0.222. The lowest BCUT2D eigenvalue weighted by Gasteiger charge is -2.29. The van der Waals surface area contributed by atoms with Crippen LogP contribution in [0.1, 0.15) is 0 Å². The topological polar surface area (TPSA) is 58.5 Å². The molecule has 0 saturated carbocycles. The van der Waals surface area contributed by atoms with Crippen LogP contribution >= 0.6 is 11.6 Å². The van der Waals surface area contributed by atoms with Crippen LogP contribution in [0.3, 0.4) is 0 Å². The molecule has 5 nitrogen and oxygen atoms in total. The Hall–Kier alpha value is -2.44. The standard InChI is InChI=1S/C18H15ClFN3O2/c19-14-9-15(20)13(8-17(14)24)18-12-2-1-11(7-16(12)21-10-22-18)23-3-5-25-6-4-23/h1-2,7-10,24H,3-6H2. The number of ether oxygens (including phenoxy) is 1. The second-order valence-corrected chi connectivity index (χ2v) is 6.21. The molecule has 0 radical (unpaired) electrons. The summed E-state index contributed by atoms with van der Waals surface area (Å²) < 4.78 is 19.7. The minimum Gasteiger partial charge on any atom is -0.506 e. The van der Waals surface area contributed by atoms with Crippen LogP contribution in [0.2, 0.25) is 5.02 Å². The highest BCUT2D eigenvalue weighted by Gasteiger charge is 2.16. The Morgan fingerprint density at radius 1 is 1.12 bits per heavy atom. The zero-order chi connectivity index (χ0) is 17.4. The van der Waals surface area contributed by atoms with Gasteiger partial charge in [-0.15, -0.1) is 0 Å². The van der Waals surface area contributed by atoms with Crippen LogP contribution in [0.4, 0.5) is 10.1 Å². The molecular formula is C18H15ClFN3O2. The molecule has 1 aromatic heterocycles. The lowest BCUT2D eigenvalue weighted by molar-refractivity contribution is 0.122. The lowest BCUT2D eigenvalue weighted by atomic mass is 10.0. The van der Waals surface area contributed by atoms with Gasteiger partial charge in [0.25, 0.3) is 0 Å². The van der Waals surface area contributed by atoms with Gasteiger partial charge in [-0.3, -0.25) is 0 Å². The molecule has 0 unspecified atom stereocenters. The van der Waals surface area contributed by atoms with Crippen molar-refractivity contribution in [3.05, 3.63) is 47.5 Å². The molecule has 1 fully saturated rings. The normalized spacial score (nSPS) is 14.9. The van der Waals surface area contributed by atoms with Crippen molar-refractivity contribution in [1.82, 2.24) is 9.97 Å². The molecule has 1 aliphatic rings. The van der Waals surface area contributed by atoms with Gasteiger partial charge in [0.2, 0.25) is 0 Å². The zero-order valence-electron chi connectivity index (χ0n) is 13.2. The van der Waals surface area contributed by atoms with E-state index < -0.39 is 5.82 Å². The molecular weight excluding hydrogens is 345 g/mol. The first-order chi connectivity index (χ1) is 12.1. The third-order valence-corrected chi connectivity index (χ3v) is 4.59. The number of phenols is 1. The Bertz CT molecular complexity index is 945. The van der Waals surface area contributed by atoms with Crippen molar-refractivity contribution >= 4 is 28.2 Å². The third kappa shape index (κ3) is 2.99. The summed E-state index contributed by atoms with van der Waals surface area (Å²) in [6.45, 7) is 3.04. The largest absolute Gasteiger partial charge is 0.506 e. The quantitative estimate of drug-likeness (QED) is 0.757. The Morgan fingerprint density at radius 2 is 1.92 bits per heavy atom. The van der Waals surface area contributed by atoms with Crippen molar-refractivity contribution < 1.29 is 14.2 Å². The van der Waals surface area contributed by atoms with Crippen LogP contribution in [-0.2, 0) is 4.74 Å². The summed E-state index contributed by atoms with van der Waals surface area (Å²) in [7, 11) is 0. The number of phenolic OH excluding ortho intramolecular Hbond substituents is 1. The maximum Gasteiger partial charge on any atom is 0.135 e. The minimum absolute atomic E-state index is 0.0331. The van der Waals surface area contributed by atoms with Gasteiger partial charge in [0.05, 0.1) is 29.4 Å². The fourth-order valence-corrected chi connectivity index (χ4v) is 3.15. The van der Waals surface area contributed by atoms with E-state index >= 15 is 0 Å². The minimum atomic E-state index is -0.542. The average Bonchev–Trinajstić information content (AvgIpc) is 2.64. The first kappa shape index (κ1) is 16.1. The Morgan fingerprint density at radius 3 is 2.72 bits per heavy atom. The number of hydrogen-bond acceptors (Lipinski definition) is 5. The monoisotopic (exact) mass is 359 g/mol. The SMILES string of the molecule is Oc1cc(-c2ncnc3cc(N4CCOCC4)ccc23)c(F)cc1Cl. The Kier molecular flexibility index (Phi) is 4.15. The van der Waals surface area contributed by atoms with Crippen LogP contribution in [0.25, 0.3) is 22.2 Å². The van der Waals surface area contributed by atoms with Crippen LogP contribution in [0.5, 0.6) is 5.75 Å². The van der Waals surface area contributed by atoms with E-state index in [1.807, 2.05) is 18.2 Å². The number of halogens is 2. The number of nitrogens with zero attached hydrogens (tertiary/aromatic N) is 3.